The number of nitrogens with one attached hydrogen (secondary N) is 2. The first-order valence-electron chi connectivity index (χ1n) is 3.67. The van der Waals surface area contributed by atoms with Crippen LogP contribution in [0.3, 0.4) is 0 Å². The molecule has 2 rings (SSSR count). The van der Waals surface area contributed by atoms with Gasteiger partial charge in [0.05, 0.1) is 6.20 Å². The van der Waals surface area contributed by atoms with E-state index in [1.807, 2.05) is 0 Å². The number of hydrogen-bond donors (Lipinski definition) is 2. The second-order valence-electron chi connectivity index (χ2n) is 2.70. The van der Waals surface area contributed by atoms with Gasteiger partial charge in [0.25, 0.3) is 0 Å². The van der Waals surface area contributed by atoms with Crippen LogP contribution in [0.4, 0.5) is 13.2 Å². The van der Waals surface area contributed by atoms with Crippen molar-refractivity contribution < 1.29 is 13.2 Å². The van der Waals surface area contributed by atoms with E-state index in [1.165, 1.54) is 0 Å². The van der Waals surface area contributed by atoms with Gasteiger partial charge in [-0.3, -0.25) is 4.98 Å². The van der Waals surface area contributed by atoms with Crippen molar-refractivity contribution in [3.8, 4) is 0 Å². The Bertz CT molecular complexity index is 622. The molecular weight excluding hydrogens is 233 g/mol. The van der Waals surface area contributed by atoms with Gasteiger partial charge in [-0.15, -0.1) is 0 Å². The van der Waals surface area contributed by atoms with Crippen molar-refractivity contribution in [2.45, 2.75) is 6.18 Å². The van der Waals surface area contributed by atoms with Crippen LogP contribution in [-0.2, 0) is 6.18 Å². The van der Waals surface area contributed by atoms with Gasteiger partial charge >= 0.3 is 11.9 Å². The van der Waals surface area contributed by atoms with Crippen LogP contribution in [0.2, 0.25) is 0 Å². The number of aromatic nitrogens is 4. The van der Waals surface area contributed by atoms with E-state index < -0.39 is 23.1 Å². The molecular formula is C6H3F3N4OS. The maximum absolute atomic E-state index is 12.4. The van der Waals surface area contributed by atoms with Crippen LogP contribution < -0.4 is 5.69 Å². The Kier molecular flexibility index (Phi) is 1.93. The summed E-state index contributed by atoms with van der Waals surface area (Å²) < 4.78 is 37.6. The van der Waals surface area contributed by atoms with E-state index in [1.54, 1.807) is 0 Å². The lowest BCUT2D eigenvalue weighted by Gasteiger charge is -2.02. The molecule has 2 aromatic rings. The molecule has 0 amide bonds. The van der Waals surface area contributed by atoms with Gasteiger partial charge in [-0.2, -0.15) is 22.8 Å². The first-order chi connectivity index (χ1) is 6.89. The standard InChI is InChI=1S/C6H3F3N4OS/c7-6(8,9)2-1-10-13-3(2)11-4(15)12-5(13)14/h1H,(H2,11,12,14,15). The summed E-state index contributed by atoms with van der Waals surface area (Å²) in [5, 5.41) is 3.30. The molecule has 0 aromatic carbocycles. The van der Waals surface area contributed by atoms with E-state index in [0.717, 1.165) is 0 Å². The van der Waals surface area contributed by atoms with Crippen molar-refractivity contribution in [3.63, 3.8) is 0 Å². The first kappa shape index (κ1) is 9.90. The highest BCUT2D eigenvalue weighted by atomic mass is 32.1. The molecule has 2 aromatic heterocycles. The van der Waals surface area contributed by atoms with Crippen molar-refractivity contribution >= 4 is 17.9 Å². The van der Waals surface area contributed by atoms with E-state index in [9.17, 15) is 18.0 Å². The largest absolute Gasteiger partial charge is 0.421 e. The summed E-state index contributed by atoms with van der Waals surface area (Å²) in [5.74, 6) is 0. The van der Waals surface area contributed by atoms with Gasteiger partial charge in [0.1, 0.15) is 5.56 Å². The third kappa shape index (κ3) is 1.54. The summed E-state index contributed by atoms with van der Waals surface area (Å²) >= 11 is 4.56. The fraction of sp³-hybridized carbons (Fsp3) is 0.167. The van der Waals surface area contributed by atoms with Crippen LogP contribution in [0.1, 0.15) is 5.56 Å². The number of fused-ring (bicyclic) bond motifs is 1. The summed E-state index contributed by atoms with van der Waals surface area (Å²) in [6.45, 7) is 0. The van der Waals surface area contributed by atoms with Gasteiger partial charge < -0.3 is 4.98 Å². The van der Waals surface area contributed by atoms with Crippen molar-refractivity contribution in [2.24, 2.45) is 0 Å². The summed E-state index contributed by atoms with van der Waals surface area (Å²) in [4.78, 5) is 15.5. The van der Waals surface area contributed by atoms with Crippen molar-refractivity contribution in [1.29, 1.82) is 0 Å². The van der Waals surface area contributed by atoms with Crippen LogP contribution in [-0.4, -0.2) is 19.6 Å². The van der Waals surface area contributed by atoms with Crippen LogP contribution >= 0.6 is 12.2 Å². The summed E-state index contributed by atoms with van der Waals surface area (Å²) in [5.41, 5.74) is -2.31. The van der Waals surface area contributed by atoms with Crippen LogP contribution in [0, 0.1) is 4.77 Å². The Labute approximate surface area is 84.6 Å². The molecule has 2 N–H and O–H groups in total. The SMILES string of the molecule is O=c1[nH]c(=S)[nH]c2c(C(F)(F)F)cnn12. The van der Waals surface area contributed by atoms with Crippen LogP contribution in [0.5, 0.6) is 0 Å². The molecule has 9 heteroatoms. The lowest BCUT2D eigenvalue weighted by atomic mass is 10.3. The lowest BCUT2D eigenvalue weighted by molar-refractivity contribution is -0.136. The molecule has 80 valence electrons. The zero-order chi connectivity index (χ0) is 11.2. The second-order valence-corrected chi connectivity index (χ2v) is 3.11. The fourth-order valence-corrected chi connectivity index (χ4v) is 1.30. The lowest BCUT2D eigenvalue weighted by Crippen LogP contribution is -2.19. The topological polar surface area (TPSA) is 66.0 Å². The Balaban J connectivity index is 2.92. The molecule has 0 aliphatic rings. The zero-order valence-electron chi connectivity index (χ0n) is 6.92. The third-order valence-electron chi connectivity index (χ3n) is 1.72. The minimum atomic E-state index is -4.58. The Morgan fingerprint density at radius 1 is 1.40 bits per heavy atom. The highest BCUT2D eigenvalue weighted by Gasteiger charge is 2.35. The third-order valence-corrected chi connectivity index (χ3v) is 1.92. The van der Waals surface area contributed by atoms with E-state index in [-0.39, 0.29) is 4.77 Å². The first-order valence-corrected chi connectivity index (χ1v) is 4.08. The Morgan fingerprint density at radius 2 is 2.07 bits per heavy atom. The predicted octanol–water partition coefficient (Wildman–Crippen LogP) is 1.10. The fourth-order valence-electron chi connectivity index (χ4n) is 1.12. The van der Waals surface area contributed by atoms with Gasteiger partial charge in [0.15, 0.2) is 10.4 Å². The smallest absolute Gasteiger partial charge is 0.316 e. The number of rotatable bonds is 0. The summed E-state index contributed by atoms with van der Waals surface area (Å²) in [6, 6.07) is 0. The summed E-state index contributed by atoms with van der Waals surface area (Å²) in [7, 11) is 0. The molecule has 0 unspecified atom stereocenters. The van der Waals surface area contributed by atoms with Gasteiger partial charge in [-0.05, 0) is 12.2 Å². The predicted molar refractivity (Wildman–Crippen MR) is 46.0 cm³/mol. The van der Waals surface area contributed by atoms with E-state index in [4.69, 9.17) is 0 Å². The number of halogens is 3. The highest BCUT2D eigenvalue weighted by Crippen LogP contribution is 2.30. The maximum atomic E-state index is 12.4. The number of H-pyrrole nitrogens is 2. The van der Waals surface area contributed by atoms with E-state index in [2.05, 4.69) is 27.3 Å². The normalized spacial score (nSPS) is 12.2. The molecule has 0 spiro atoms. The number of hydrogen-bond acceptors (Lipinski definition) is 3. The molecule has 5 nitrogen and oxygen atoms in total. The van der Waals surface area contributed by atoms with Crippen LogP contribution in [0.15, 0.2) is 11.0 Å². The number of aromatic amines is 2. The number of alkyl halides is 3. The Morgan fingerprint density at radius 3 is 2.67 bits per heavy atom. The van der Waals surface area contributed by atoms with Crippen molar-refractivity contribution in [1.82, 2.24) is 19.6 Å². The van der Waals surface area contributed by atoms with Crippen molar-refractivity contribution in [2.75, 3.05) is 0 Å². The maximum Gasteiger partial charge on any atom is 0.421 e. The molecule has 0 bridgehead atoms. The van der Waals surface area contributed by atoms with Crippen LogP contribution in [0.25, 0.3) is 5.65 Å². The van der Waals surface area contributed by atoms with E-state index in [0.29, 0.717) is 10.7 Å². The molecule has 2 heterocycles. The quantitative estimate of drug-likeness (QED) is 0.673. The van der Waals surface area contributed by atoms with Gasteiger partial charge in [-0.1, -0.05) is 0 Å². The molecule has 0 aliphatic heterocycles. The molecule has 0 atom stereocenters. The monoisotopic (exact) mass is 236 g/mol. The van der Waals surface area contributed by atoms with Gasteiger partial charge in [-0.25, -0.2) is 4.79 Å². The molecule has 0 saturated carbocycles. The minimum absolute atomic E-state index is 0.182. The highest BCUT2D eigenvalue weighted by molar-refractivity contribution is 7.71. The van der Waals surface area contributed by atoms with Gasteiger partial charge in [0, 0.05) is 0 Å². The average molecular weight is 236 g/mol. The molecule has 0 fully saturated rings. The second kappa shape index (κ2) is 2.92. The van der Waals surface area contributed by atoms with E-state index >= 15 is 0 Å². The number of nitrogens with zero attached hydrogens (tertiary/aromatic N) is 2. The average Bonchev–Trinajstić information content (AvgIpc) is 2.45. The molecule has 0 radical (unpaired) electrons. The molecule has 0 aliphatic carbocycles. The van der Waals surface area contributed by atoms with Gasteiger partial charge in [0.2, 0.25) is 0 Å². The summed E-state index contributed by atoms with van der Waals surface area (Å²) in [6.07, 6.45) is -4.01. The minimum Gasteiger partial charge on any atom is -0.316 e. The molecule has 0 saturated heterocycles. The van der Waals surface area contributed by atoms with Crippen molar-refractivity contribution in [3.05, 3.63) is 27.0 Å². The zero-order valence-corrected chi connectivity index (χ0v) is 7.74. The Hall–Kier alpha value is -1.64. The molecule has 15 heavy (non-hydrogen) atoms.